The highest BCUT2D eigenvalue weighted by Crippen LogP contribution is 2.33. The lowest BCUT2D eigenvalue weighted by atomic mass is 9.95. The molecule has 0 spiro atoms. The maximum atomic E-state index is 13.8. The summed E-state index contributed by atoms with van der Waals surface area (Å²) in [4.78, 5) is 35.6. The van der Waals surface area contributed by atoms with E-state index in [0.717, 1.165) is 59.9 Å². The van der Waals surface area contributed by atoms with E-state index in [4.69, 9.17) is 17.3 Å². The van der Waals surface area contributed by atoms with Crippen LogP contribution in [0.1, 0.15) is 23.2 Å². The summed E-state index contributed by atoms with van der Waals surface area (Å²) in [6, 6.07) is 19.8. The summed E-state index contributed by atoms with van der Waals surface area (Å²) in [5.41, 5.74) is 6.05. The molecule has 1 saturated heterocycles. The largest absolute Gasteiger partial charge is 0.384 e. The van der Waals surface area contributed by atoms with Crippen LogP contribution in [0.2, 0.25) is 5.02 Å². The highest BCUT2D eigenvalue weighted by molar-refractivity contribution is 9.09. The number of aromatic nitrogens is 1. The molecule has 4 rings (SSSR count). The topological polar surface area (TPSA) is 82.4 Å². The number of benzene rings is 2. The molecule has 38 heavy (non-hydrogen) atoms. The number of hydrogen-bond donors (Lipinski definition) is 2. The molecule has 0 bridgehead atoms. The fraction of sp³-hybridized carbons (Fsp3) is 0.357. The molecular formula is C28H32BrClN4O2S2. The number of halogens is 2. The van der Waals surface area contributed by atoms with Crippen LogP contribution in [0.5, 0.6) is 0 Å². The lowest BCUT2D eigenvalue weighted by Gasteiger charge is -2.35. The summed E-state index contributed by atoms with van der Waals surface area (Å²) in [6.07, 6.45) is 1.99. The van der Waals surface area contributed by atoms with Crippen molar-refractivity contribution >= 4 is 68.5 Å². The summed E-state index contributed by atoms with van der Waals surface area (Å²) < 4.78 is 0. The van der Waals surface area contributed by atoms with Gasteiger partial charge in [-0.2, -0.15) is 0 Å². The number of nitrogen functional groups attached to an aromatic ring is 1. The maximum Gasteiger partial charge on any atom is 0.263 e. The number of anilines is 2. The Bertz CT molecular complexity index is 1270. The Morgan fingerprint density at radius 3 is 2.53 bits per heavy atom. The molecule has 1 aromatic heterocycles. The summed E-state index contributed by atoms with van der Waals surface area (Å²) in [7, 11) is 0. The number of carbonyl (C=O) groups excluding carboxylic acids is 1. The van der Waals surface area contributed by atoms with E-state index in [1.807, 2.05) is 42.1 Å². The van der Waals surface area contributed by atoms with Crippen LogP contribution in [-0.4, -0.2) is 58.8 Å². The highest BCUT2D eigenvalue weighted by Gasteiger charge is 2.28. The number of aromatic amines is 1. The number of para-hydroxylation sites is 1. The van der Waals surface area contributed by atoms with Gasteiger partial charge in [0.1, 0.15) is 11.4 Å². The first-order chi connectivity index (χ1) is 18.5. The minimum Gasteiger partial charge on any atom is -0.384 e. The quantitative estimate of drug-likeness (QED) is 0.192. The Kier molecular flexibility index (Phi) is 11.1. The van der Waals surface area contributed by atoms with E-state index < -0.39 is 5.56 Å². The molecule has 1 aliphatic heterocycles. The second-order valence-corrected chi connectivity index (χ2v) is 12.6. The van der Waals surface area contributed by atoms with Crippen LogP contribution in [0.25, 0.3) is 0 Å². The molecule has 2 aromatic carbocycles. The van der Waals surface area contributed by atoms with Gasteiger partial charge in [0.05, 0.1) is 10.7 Å². The Morgan fingerprint density at radius 1 is 1.08 bits per heavy atom. The van der Waals surface area contributed by atoms with Crippen LogP contribution in [-0.2, 0) is 0 Å². The monoisotopic (exact) mass is 634 g/mol. The van der Waals surface area contributed by atoms with E-state index in [-0.39, 0.29) is 22.3 Å². The van der Waals surface area contributed by atoms with Crippen LogP contribution in [0, 0.1) is 5.92 Å². The summed E-state index contributed by atoms with van der Waals surface area (Å²) in [5, 5.41) is 1.00. The zero-order valence-electron chi connectivity index (χ0n) is 21.1. The predicted octanol–water partition coefficient (Wildman–Crippen LogP) is 6.25. The van der Waals surface area contributed by atoms with Crippen LogP contribution < -0.4 is 16.2 Å². The molecule has 3 aromatic rings. The second-order valence-electron chi connectivity index (χ2n) is 9.14. The van der Waals surface area contributed by atoms with Crippen LogP contribution >= 0.6 is 51.1 Å². The van der Waals surface area contributed by atoms with Crippen molar-refractivity contribution < 1.29 is 4.79 Å². The molecule has 202 valence electrons. The molecule has 3 N–H and O–H groups in total. The highest BCUT2D eigenvalue weighted by atomic mass is 79.9. The summed E-state index contributed by atoms with van der Waals surface area (Å²) in [5.74, 6) is 1.95. The number of alkyl halides is 1. The van der Waals surface area contributed by atoms with Crippen molar-refractivity contribution in [2.24, 2.45) is 5.92 Å². The van der Waals surface area contributed by atoms with Crippen molar-refractivity contribution in [3.05, 3.63) is 81.6 Å². The van der Waals surface area contributed by atoms with Crippen molar-refractivity contribution in [2.75, 3.05) is 53.6 Å². The number of piperidine rings is 1. The minimum absolute atomic E-state index is 0.000123. The van der Waals surface area contributed by atoms with Crippen molar-refractivity contribution in [2.45, 2.75) is 22.6 Å². The van der Waals surface area contributed by atoms with E-state index in [1.165, 1.54) is 11.0 Å². The standard InChI is InChI=1S/C28H32BrClN4O2S2/c29-12-16-38-25-9-5-4-8-24(25)34(28(36)22-18-23(30)26(31)32-27(22)35)19-20-10-13-33(14-11-20)15-17-37-21-6-2-1-3-7-21/h1-9,18,20H,10-17,19H2,(H3,31,32,35). The van der Waals surface area contributed by atoms with Gasteiger partial charge in [-0.25, -0.2) is 0 Å². The maximum absolute atomic E-state index is 13.8. The first-order valence-corrected chi connectivity index (χ1v) is 16.1. The Balaban J connectivity index is 1.47. The van der Waals surface area contributed by atoms with Crippen molar-refractivity contribution in [3.8, 4) is 0 Å². The smallest absolute Gasteiger partial charge is 0.263 e. The van der Waals surface area contributed by atoms with Gasteiger partial charge in [0, 0.05) is 39.7 Å². The summed E-state index contributed by atoms with van der Waals surface area (Å²) in [6.45, 7) is 3.58. The molecule has 10 heteroatoms. The van der Waals surface area contributed by atoms with Gasteiger partial charge in [0.25, 0.3) is 11.5 Å². The van der Waals surface area contributed by atoms with Gasteiger partial charge >= 0.3 is 0 Å². The molecule has 1 amide bonds. The number of thioether (sulfide) groups is 2. The number of nitrogens with one attached hydrogen (secondary N) is 1. The Hall–Kier alpha value is -1.91. The zero-order valence-corrected chi connectivity index (χ0v) is 25.1. The van der Waals surface area contributed by atoms with Crippen molar-refractivity contribution in [1.29, 1.82) is 0 Å². The molecule has 0 radical (unpaired) electrons. The first kappa shape index (κ1) is 29.1. The van der Waals surface area contributed by atoms with Crippen LogP contribution in [0.4, 0.5) is 11.5 Å². The van der Waals surface area contributed by atoms with E-state index in [0.29, 0.717) is 12.5 Å². The molecule has 0 atom stereocenters. The number of pyridine rings is 1. The molecule has 1 aliphatic rings. The SMILES string of the molecule is Nc1[nH]c(=O)c(C(=O)N(CC2CCN(CCSc3ccccc3)CC2)c2ccccc2SCCBr)cc1Cl. The number of nitrogens with zero attached hydrogens (tertiary/aromatic N) is 2. The molecule has 2 heterocycles. The van der Waals surface area contributed by atoms with E-state index in [1.54, 1.807) is 16.7 Å². The molecule has 0 unspecified atom stereocenters. The Morgan fingerprint density at radius 2 is 1.79 bits per heavy atom. The molecule has 6 nitrogen and oxygen atoms in total. The number of nitrogens with two attached hydrogens (primary N) is 1. The van der Waals surface area contributed by atoms with E-state index >= 15 is 0 Å². The van der Waals surface area contributed by atoms with Gasteiger partial charge in [0.15, 0.2) is 0 Å². The number of hydrogen-bond acceptors (Lipinski definition) is 6. The number of rotatable bonds is 11. The number of carbonyl (C=O) groups is 1. The van der Waals surface area contributed by atoms with Gasteiger partial charge in [-0.1, -0.05) is 57.9 Å². The average molecular weight is 636 g/mol. The third kappa shape index (κ3) is 7.82. The van der Waals surface area contributed by atoms with E-state index in [2.05, 4.69) is 50.1 Å². The first-order valence-electron chi connectivity index (χ1n) is 12.6. The van der Waals surface area contributed by atoms with Gasteiger partial charge < -0.3 is 20.5 Å². The summed E-state index contributed by atoms with van der Waals surface area (Å²) >= 11 is 13.2. The lowest BCUT2D eigenvalue weighted by Crippen LogP contribution is -2.43. The minimum atomic E-state index is -0.529. The van der Waals surface area contributed by atoms with E-state index in [9.17, 15) is 9.59 Å². The third-order valence-electron chi connectivity index (χ3n) is 6.55. The molecule has 1 fully saturated rings. The van der Waals surface area contributed by atoms with Gasteiger partial charge in [-0.05, 0) is 62.2 Å². The van der Waals surface area contributed by atoms with Crippen molar-refractivity contribution in [1.82, 2.24) is 9.88 Å². The predicted molar refractivity (Wildman–Crippen MR) is 165 cm³/mol. The molecular weight excluding hydrogens is 604 g/mol. The Labute approximate surface area is 245 Å². The number of likely N-dealkylation sites (tertiary alicyclic amines) is 1. The fourth-order valence-corrected chi connectivity index (χ4v) is 6.90. The lowest BCUT2D eigenvalue weighted by molar-refractivity contribution is 0.0974. The molecule has 0 aliphatic carbocycles. The average Bonchev–Trinajstić information content (AvgIpc) is 2.94. The van der Waals surface area contributed by atoms with Crippen LogP contribution in [0.15, 0.2) is 75.2 Å². The van der Waals surface area contributed by atoms with Gasteiger partial charge in [-0.15, -0.1) is 23.5 Å². The number of H-pyrrole nitrogens is 1. The third-order valence-corrected chi connectivity index (χ3v) is 9.85. The normalized spacial score (nSPS) is 14.5. The second kappa shape index (κ2) is 14.5. The van der Waals surface area contributed by atoms with Gasteiger partial charge in [0.2, 0.25) is 0 Å². The fourth-order valence-electron chi connectivity index (χ4n) is 4.53. The zero-order chi connectivity index (χ0) is 26.9. The van der Waals surface area contributed by atoms with Crippen molar-refractivity contribution in [3.63, 3.8) is 0 Å². The van der Waals surface area contributed by atoms with Crippen LogP contribution in [0.3, 0.4) is 0 Å². The molecule has 0 saturated carbocycles. The van der Waals surface area contributed by atoms with Gasteiger partial charge in [-0.3, -0.25) is 9.59 Å². The number of amides is 1.